The Morgan fingerprint density at radius 1 is 1.22 bits per heavy atom. The van der Waals surface area contributed by atoms with Crippen molar-refractivity contribution >= 4 is 6.03 Å². The van der Waals surface area contributed by atoms with Gasteiger partial charge in [-0.2, -0.15) is 5.26 Å². The summed E-state index contributed by atoms with van der Waals surface area (Å²) in [5.41, 5.74) is 6.26. The van der Waals surface area contributed by atoms with Crippen molar-refractivity contribution in [3.63, 3.8) is 0 Å². The SMILES string of the molecule is CC(C)CN(C[C@@H](O)[C@@H](N)CC1CCCCC1)C(=O)NCCCCCC#N. The Kier molecular flexibility index (Phi) is 12.1. The zero-order valence-electron chi connectivity index (χ0n) is 17.3. The van der Waals surface area contributed by atoms with Gasteiger partial charge in [-0.25, -0.2) is 4.79 Å². The topological polar surface area (TPSA) is 102 Å². The molecular weight excluding hydrogens is 340 g/mol. The van der Waals surface area contributed by atoms with Crippen LogP contribution < -0.4 is 11.1 Å². The van der Waals surface area contributed by atoms with Crippen LogP contribution in [0, 0.1) is 23.2 Å². The first kappa shape index (κ1) is 23.7. The molecule has 0 aromatic carbocycles. The molecule has 6 heteroatoms. The molecule has 0 radical (unpaired) electrons. The van der Waals surface area contributed by atoms with Crippen LogP contribution in [0.4, 0.5) is 4.79 Å². The lowest BCUT2D eigenvalue weighted by Gasteiger charge is -2.31. The normalized spacial score (nSPS) is 17.3. The van der Waals surface area contributed by atoms with Crippen molar-refractivity contribution in [3.8, 4) is 6.07 Å². The number of nitrogens with zero attached hydrogens (tertiary/aromatic N) is 2. The van der Waals surface area contributed by atoms with Gasteiger partial charge in [-0.15, -0.1) is 0 Å². The van der Waals surface area contributed by atoms with Gasteiger partial charge in [0, 0.05) is 32.1 Å². The van der Waals surface area contributed by atoms with Gasteiger partial charge in [0.2, 0.25) is 0 Å². The number of unbranched alkanes of at least 4 members (excludes halogenated alkanes) is 3. The molecule has 0 heterocycles. The summed E-state index contributed by atoms with van der Waals surface area (Å²) in [6.07, 6.45) is 9.67. The second kappa shape index (κ2) is 13.8. The van der Waals surface area contributed by atoms with Crippen molar-refractivity contribution in [3.05, 3.63) is 0 Å². The summed E-state index contributed by atoms with van der Waals surface area (Å²) in [6, 6.07) is 1.73. The molecule has 2 amide bonds. The third-order valence-electron chi connectivity index (χ3n) is 5.35. The third-order valence-corrected chi connectivity index (χ3v) is 5.35. The molecule has 1 aliphatic rings. The predicted octanol–water partition coefficient (Wildman–Crippen LogP) is 3.40. The minimum absolute atomic E-state index is 0.132. The molecule has 1 fully saturated rings. The second-order valence-corrected chi connectivity index (χ2v) is 8.47. The molecule has 1 saturated carbocycles. The monoisotopic (exact) mass is 380 g/mol. The Labute approximate surface area is 165 Å². The highest BCUT2D eigenvalue weighted by Crippen LogP contribution is 2.27. The van der Waals surface area contributed by atoms with E-state index in [-0.39, 0.29) is 18.6 Å². The van der Waals surface area contributed by atoms with E-state index < -0.39 is 6.10 Å². The van der Waals surface area contributed by atoms with E-state index in [0.29, 0.717) is 31.3 Å². The Morgan fingerprint density at radius 2 is 1.93 bits per heavy atom. The summed E-state index contributed by atoms with van der Waals surface area (Å²) in [5, 5.41) is 22.1. The molecule has 0 aromatic rings. The fourth-order valence-corrected chi connectivity index (χ4v) is 3.82. The summed E-state index contributed by atoms with van der Waals surface area (Å²) < 4.78 is 0. The third kappa shape index (κ3) is 10.6. The van der Waals surface area contributed by atoms with Gasteiger partial charge < -0.3 is 21.1 Å². The highest BCUT2D eigenvalue weighted by atomic mass is 16.3. The number of hydrogen-bond donors (Lipinski definition) is 3. The maximum Gasteiger partial charge on any atom is 0.317 e. The van der Waals surface area contributed by atoms with Crippen LogP contribution in [0.15, 0.2) is 0 Å². The molecule has 0 spiro atoms. The summed E-state index contributed by atoms with van der Waals surface area (Å²) in [4.78, 5) is 14.2. The number of urea groups is 1. The number of amides is 2. The van der Waals surface area contributed by atoms with Gasteiger partial charge in [0.15, 0.2) is 0 Å². The maximum absolute atomic E-state index is 12.5. The lowest BCUT2D eigenvalue weighted by molar-refractivity contribution is 0.0858. The fraction of sp³-hybridized carbons (Fsp3) is 0.905. The van der Waals surface area contributed by atoms with Crippen LogP contribution in [0.1, 0.15) is 78.1 Å². The average molecular weight is 381 g/mol. The highest BCUT2D eigenvalue weighted by molar-refractivity contribution is 5.74. The van der Waals surface area contributed by atoms with E-state index in [1.54, 1.807) is 4.90 Å². The first-order chi connectivity index (χ1) is 12.9. The lowest BCUT2D eigenvalue weighted by atomic mass is 9.84. The van der Waals surface area contributed by atoms with Crippen LogP contribution in [-0.4, -0.2) is 47.8 Å². The minimum atomic E-state index is -0.688. The second-order valence-electron chi connectivity index (χ2n) is 8.47. The summed E-state index contributed by atoms with van der Waals surface area (Å²) >= 11 is 0. The van der Waals surface area contributed by atoms with Crippen molar-refractivity contribution in [2.24, 2.45) is 17.6 Å². The number of carbonyl (C=O) groups is 1. The molecule has 0 aromatic heterocycles. The maximum atomic E-state index is 12.5. The minimum Gasteiger partial charge on any atom is -0.390 e. The van der Waals surface area contributed by atoms with Crippen LogP contribution in [0.3, 0.4) is 0 Å². The van der Waals surface area contributed by atoms with Crippen molar-refractivity contribution in [1.29, 1.82) is 5.26 Å². The molecule has 0 saturated heterocycles. The number of aliphatic hydroxyl groups is 1. The molecule has 0 bridgehead atoms. The van der Waals surface area contributed by atoms with Crippen LogP contribution in [0.25, 0.3) is 0 Å². The number of nitrogens with two attached hydrogens (primary N) is 1. The molecule has 27 heavy (non-hydrogen) atoms. The van der Waals surface area contributed by atoms with Crippen molar-refractivity contribution in [1.82, 2.24) is 10.2 Å². The van der Waals surface area contributed by atoms with Crippen molar-refractivity contribution < 1.29 is 9.90 Å². The number of rotatable bonds is 12. The highest BCUT2D eigenvalue weighted by Gasteiger charge is 2.25. The van der Waals surface area contributed by atoms with Gasteiger partial charge in [-0.3, -0.25) is 0 Å². The Bertz CT molecular complexity index is 444. The van der Waals surface area contributed by atoms with E-state index in [2.05, 4.69) is 25.2 Å². The summed E-state index contributed by atoms with van der Waals surface area (Å²) in [5.74, 6) is 0.942. The quantitative estimate of drug-likeness (QED) is 0.452. The molecule has 2 atom stereocenters. The van der Waals surface area contributed by atoms with E-state index in [1.165, 1.54) is 32.1 Å². The van der Waals surface area contributed by atoms with Gasteiger partial charge in [-0.05, 0) is 31.1 Å². The molecule has 1 aliphatic carbocycles. The average Bonchev–Trinajstić information content (AvgIpc) is 2.64. The van der Waals surface area contributed by atoms with E-state index in [1.807, 2.05) is 0 Å². The lowest BCUT2D eigenvalue weighted by Crippen LogP contribution is -2.50. The Morgan fingerprint density at radius 3 is 2.56 bits per heavy atom. The van der Waals surface area contributed by atoms with Crippen LogP contribution >= 0.6 is 0 Å². The predicted molar refractivity (Wildman–Crippen MR) is 109 cm³/mol. The van der Waals surface area contributed by atoms with Gasteiger partial charge in [0.25, 0.3) is 0 Å². The van der Waals surface area contributed by atoms with E-state index in [4.69, 9.17) is 11.0 Å². The van der Waals surface area contributed by atoms with Crippen molar-refractivity contribution in [2.75, 3.05) is 19.6 Å². The number of hydrogen-bond acceptors (Lipinski definition) is 4. The van der Waals surface area contributed by atoms with Crippen molar-refractivity contribution in [2.45, 2.75) is 90.2 Å². The summed E-state index contributed by atoms with van der Waals surface area (Å²) in [6.45, 7) is 5.62. The van der Waals surface area contributed by atoms with Gasteiger partial charge in [0.05, 0.1) is 12.2 Å². The van der Waals surface area contributed by atoms with E-state index in [9.17, 15) is 9.90 Å². The first-order valence-electron chi connectivity index (χ1n) is 10.8. The first-order valence-corrected chi connectivity index (χ1v) is 10.8. The number of carbonyl (C=O) groups excluding carboxylic acids is 1. The molecule has 0 aliphatic heterocycles. The van der Waals surface area contributed by atoms with Crippen LogP contribution in [0.5, 0.6) is 0 Å². The molecule has 156 valence electrons. The van der Waals surface area contributed by atoms with E-state index in [0.717, 1.165) is 25.7 Å². The molecule has 1 rings (SSSR count). The molecule has 0 unspecified atom stereocenters. The molecule has 6 nitrogen and oxygen atoms in total. The largest absolute Gasteiger partial charge is 0.390 e. The van der Waals surface area contributed by atoms with Gasteiger partial charge in [0.1, 0.15) is 0 Å². The zero-order chi connectivity index (χ0) is 20.1. The number of nitrogens with one attached hydrogen (secondary N) is 1. The number of aliphatic hydroxyl groups excluding tert-OH is 1. The van der Waals surface area contributed by atoms with Crippen LogP contribution in [-0.2, 0) is 0 Å². The molecular formula is C21H40N4O2. The smallest absolute Gasteiger partial charge is 0.317 e. The van der Waals surface area contributed by atoms with Crippen LogP contribution in [0.2, 0.25) is 0 Å². The summed E-state index contributed by atoms with van der Waals surface area (Å²) in [7, 11) is 0. The van der Waals surface area contributed by atoms with Gasteiger partial charge >= 0.3 is 6.03 Å². The Balaban J connectivity index is 2.41. The fourth-order valence-electron chi connectivity index (χ4n) is 3.82. The zero-order valence-corrected chi connectivity index (χ0v) is 17.3. The van der Waals surface area contributed by atoms with E-state index >= 15 is 0 Å². The standard InChI is InChI=1S/C21H40N4O2/c1-17(2)15-25(21(27)24-13-9-4-3-8-12-22)16-20(26)19(23)14-18-10-6-5-7-11-18/h17-20,26H,3-11,13-16,23H2,1-2H3,(H,24,27)/t19-,20+/m0/s1. The number of nitriles is 1. The molecule has 4 N–H and O–H groups in total. The Hall–Kier alpha value is -1.32. The van der Waals surface area contributed by atoms with Gasteiger partial charge in [-0.1, -0.05) is 52.4 Å².